The molecule has 0 aliphatic carbocycles. The number of nitrogens with one attached hydrogen (secondary N) is 1. The van der Waals surface area contributed by atoms with Gasteiger partial charge in [0.15, 0.2) is 0 Å². The molecule has 1 amide bonds. The van der Waals surface area contributed by atoms with Gasteiger partial charge in [-0.3, -0.25) is 9.69 Å². The van der Waals surface area contributed by atoms with Gasteiger partial charge in [-0.25, -0.2) is 9.78 Å². The van der Waals surface area contributed by atoms with Crippen LogP contribution >= 0.6 is 11.3 Å². The van der Waals surface area contributed by atoms with Gasteiger partial charge in [0.1, 0.15) is 0 Å². The van der Waals surface area contributed by atoms with Crippen molar-refractivity contribution in [3.63, 3.8) is 0 Å². The van der Waals surface area contributed by atoms with Crippen molar-refractivity contribution in [2.24, 2.45) is 5.92 Å². The molecule has 1 aromatic heterocycles. The molecule has 6 nitrogen and oxygen atoms in total. The van der Waals surface area contributed by atoms with E-state index >= 15 is 0 Å². The van der Waals surface area contributed by atoms with Gasteiger partial charge < -0.3 is 10.4 Å². The Morgan fingerprint density at radius 2 is 2.40 bits per heavy atom. The Balaban J connectivity index is 1.59. The van der Waals surface area contributed by atoms with E-state index in [4.69, 9.17) is 5.11 Å². The molecule has 0 aromatic carbocycles. The molecule has 2 N–H and O–H groups in total. The molecule has 0 bridgehead atoms. The minimum atomic E-state index is -0.963. The quantitative estimate of drug-likeness (QED) is 0.867. The van der Waals surface area contributed by atoms with Crippen molar-refractivity contribution in [2.45, 2.75) is 31.8 Å². The van der Waals surface area contributed by atoms with Crippen LogP contribution in [0.15, 0.2) is 5.38 Å². The third-order valence-electron chi connectivity index (χ3n) is 4.03. The van der Waals surface area contributed by atoms with Crippen LogP contribution in [0.3, 0.4) is 0 Å². The molecule has 3 rings (SSSR count). The van der Waals surface area contributed by atoms with Crippen LogP contribution in [0.25, 0.3) is 0 Å². The highest BCUT2D eigenvalue weighted by Gasteiger charge is 2.33. The van der Waals surface area contributed by atoms with Gasteiger partial charge in [-0.1, -0.05) is 0 Å². The summed E-state index contributed by atoms with van der Waals surface area (Å²) >= 11 is 1.17. The molecule has 0 saturated carbocycles. The third kappa shape index (κ3) is 2.83. The first-order valence-electron chi connectivity index (χ1n) is 6.81. The van der Waals surface area contributed by atoms with Crippen LogP contribution in [-0.2, 0) is 11.3 Å². The maximum absolute atomic E-state index is 11.4. The summed E-state index contributed by atoms with van der Waals surface area (Å²) in [4.78, 5) is 28.6. The highest BCUT2D eigenvalue weighted by molar-refractivity contribution is 7.11. The summed E-state index contributed by atoms with van der Waals surface area (Å²) in [6, 6.07) is 0.317. The average molecular weight is 295 g/mol. The van der Waals surface area contributed by atoms with Crippen molar-refractivity contribution < 1.29 is 14.7 Å². The zero-order valence-electron chi connectivity index (χ0n) is 11.0. The summed E-state index contributed by atoms with van der Waals surface area (Å²) in [6.07, 6.45) is 2.53. The number of likely N-dealkylation sites (tertiary alicyclic amines) is 1. The molecule has 2 aliphatic rings. The van der Waals surface area contributed by atoms with Crippen LogP contribution in [0.1, 0.15) is 34.8 Å². The first-order valence-corrected chi connectivity index (χ1v) is 7.69. The Bertz CT molecular complexity index is 531. The minimum absolute atomic E-state index is 0.153. The van der Waals surface area contributed by atoms with Gasteiger partial charge in [0.05, 0.1) is 5.69 Å². The molecule has 108 valence electrons. The second-order valence-corrected chi connectivity index (χ2v) is 6.30. The van der Waals surface area contributed by atoms with E-state index in [1.807, 2.05) is 5.38 Å². The second-order valence-electron chi connectivity index (χ2n) is 5.45. The summed E-state index contributed by atoms with van der Waals surface area (Å²) < 4.78 is 0. The summed E-state index contributed by atoms with van der Waals surface area (Å²) in [6.45, 7) is 2.56. The van der Waals surface area contributed by atoms with Crippen LogP contribution in [-0.4, -0.2) is 46.0 Å². The van der Waals surface area contributed by atoms with Crippen LogP contribution in [0.2, 0.25) is 0 Å². The molecule has 0 spiro atoms. The number of carbonyl (C=O) groups is 2. The Hall–Kier alpha value is -1.47. The number of thiazole rings is 1. The summed E-state index contributed by atoms with van der Waals surface area (Å²) in [5.41, 5.74) is 0.825. The van der Waals surface area contributed by atoms with E-state index in [-0.39, 0.29) is 10.9 Å². The van der Waals surface area contributed by atoms with Crippen molar-refractivity contribution >= 4 is 23.2 Å². The lowest BCUT2D eigenvalue weighted by molar-refractivity contribution is -0.125. The van der Waals surface area contributed by atoms with E-state index < -0.39 is 5.97 Å². The lowest BCUT2D eigenvalue weighted by atomic mass is 9.85. The van der Waals surface area contributed by atoms with Crippen LogP contribution in [0.4, 0.5) is 0 Å². The summed E-state index contributed by atoms with van der Waals surface area (Å²) in [7, 11) is 0. The molecule has 2 fully saturated rings. The lowest BCUT2D eigenvalue weighted by Crippen LogP contribution is -2.53. The van der Waals surface area contributed by atoms with Crippen LogP contribution in [0.5, 0.6) is 0 Å². The highest BCUT2D eigenvalue weighted by Crippen LogP contribution is 2.26. The zero-order chi connectivity index (χ0) is 14.1. The number of aromatic nitrogens is 1. The lowest BCUT2D eigenvalue weighted by Gasteiger charge is -2.41. The van der Waals surface area contributed by atoms with Crippen LogP contribution < -0.4 is 5.32 Å². The number of rotatable bonds is 3. The molecular weight excluding hydrogens is 278 g/mol. The van der Waals surface area contributed by atoms with Gasteiger partial charge in [-0.05, 0) is 18.8 Å². The van der Waals surface area contributed by atoms with E-state index in [0.717, 1.165) is 31.6 Å². The Labute approximate surface area is 120 Å². The number of nitrogens with zero attached hydrogens (tertiary/aromatic N) is 2. The van der Waals surface area contributed by atoms with E-state index in [2.05, 4.69) is 15.2 Å². The molecule has 2 saturated heterocycles. The minimum Gasteiger partial charge on any atom is -0.476 e. The predicted octanol–water partition coefficient (Wildman–Crippen LogP) is 0.942. The molecule has 1 aromatic rings. The third-order valence-corrected chi connectivity index (χ3v) is 4.91. The number of carbonyl (C=O) groups excluding carboxylic acids is 1. The van der Waals surface area contributed by atoms with Gasteiger partial charge in [-0.2, -0.15) is 0 Å². The summed E-state index contributed by atoms with van der Waals surface area (Å²) in [5.74, 6) is -0.278. The molecular formula is C13H17N3O3S. The van der Waals surface area contributed by atoms with Gasteiger partial charge in [0.2, 0.25) is 10.9 Å². The van der Waals surface area contributed by atoms with Gasteiger partial charge in [0, 0.05) is 37.5 Å². The Morgan fingerprint density at radius 1 is 1.55 bits per heavy atom. The van der Waals surface area contributed by atoms with Gasteiger partial charge in [0.25, 0.3) is 0 Å². The Morgan fingerprint density at radius 3 is 3.15 bits per heavy atom. The maximum Gasteiger partial charge on any atom is 0.365 e. The Kier molecular flexibility index (Phi) is 3.71. The molecule has 0 radical (unpaired) electrons. The number of amides is 1. The first-order chi connectivity index (χ1) is 9.61. The molecule has 2 unspecified atom stereocenters. The SMILES string of the molecule is O=C1CCC2CN(Cc3csc(C(=O)O)n3)CCC2N1. The summed E-state index contributed by atoms with van der Waals surface area (Å²) in [5, 5.41) is 13.9. The van der Waals surface area contributed by atoms with Crippen LogP contribution in [0, 0.1) is 5.92 Å². The molecule has 20 heavy (non-hydrogen) atoms. The van der Waals surface area contributed by atoms with E-state index in [1.165, 1.54) is 11.3 Å². The number of carboxylic acids is 1. The molecule has 2 atom stereocenters. The van der Waals surface area contributed by atoms with Crippen molar-refractivity contribution in [3.05, 3.63) is 16.1 Å². The van der Waals surface area contributed by atoms with Crippen molar-refractivity contribution in [2.75, 3.05) is 13.1 Å². The highest BCUT2D eigenvalue weighted by atomic mass is 32.1. The normalized spacial score (nSPS) is 26.9. The standard InChI is InChI=1S/C13H17N3O3S/c17-11-2-1-8-5-16(4-3-10(8)15-11)6-9-7-20-12(14-9)13(18)19/h7-8,10H,1-6H2,(H,15,17)(H,18,19). The fourth-order valence-electron chi connectivity index (χ4n) is 3.04. The van der Waals surface area contributed by atoms with Gasteiger partial charge in [-0.15, -0.1) is 11.3 Å². The predicted molar refractivity (Wildman–Crippen MR) is 73.6 cm³/mol. The van der Waals surface area contributed by atoms with Crippen molar-refractivity contribution in [1.82, 2.24) is 15.2 Å². The van der Waals surface area contributed by atoms with Crippen molar-refractivity contribution in [3.8, 4) is 0 Å². The second kappa shape index (κ2) is 5.49. The zero-order valence-corrected chi connectivity index (χ0v) is 11.9. The number of hydrogen-bond acceptors (Lipinski definition) is 5. The number of fused-ring (bicyclic) bond motifs is 1. The molecule has 2 aliphatic heterocycles. The molecule has 3 heterocycles. The first kappa shape index (κ1) is 13.5. The fraction of sp³-hybridized carbons (Fsp3) is 0.615. The smallest absolute Gasteiger partial charge is 0.365 e. The number of piperidine rings is 2. The van der Waals surface area contributed by atoms with E-state index in [0.29, 0.717) is 24.9 Å². The van der Waals surface area contributed by atoms with E-state index in [1.54, 1.807) is 0 Å². The fourth-order valence-corrected chi connectivity index (χ4v) is 3.68. The largest absolute Gasteiger partial charge is 0.476 e. The van der Waals surface area contributed by atoms with Gasteiger partial charge >= 0.3 is 5.97 Å². The average Bonchev–Trinajstić information content (AvgIpc) is 2.88. The number of aromatic carboxylic acids is 1. The maximum atomic E-state index is 11.4. The monoisotopic (exact) mass is 295 g/mol. The number of hydrogen-bond donors (Lipinski definition) is 2. The number of carboxylic acid groups (broad SMARTS) is 1. The van der Waals surface area contributed by atoms with Crippen molar-refractivity contribution in [1.29, 1.82) is 0 Å². The van der Waals surface area contributed by atoms with E-state index in [9.17, 15) is 9.59 Å². The molecule has 7 heteroatoms. The topological polar surface area (TPSA) is 82.5 Å².